The molecule has 21 heavy (non-hydrogen) atoms. The van der Waals surface area contributed by atoms with E-state index in [4.69, 9.17) is 0 Å². The second-order valence-electron chi connectivity index (χ2n) is 5.22. The quantitative estimate of drug-likeness (QED) is 0.868. The summed E-state index contributed by atoms with van der Waals surface area (Å²) >= 11 is 1.84. The van der Waals surface area contributed by atoms with Crippen LogP contribution in [-0.4, -0.2) is 43.9 Å². The highest BCUT2D eigenvalue weighted by molar-refractivity contribution is 7.99. The summed E-state index contributed by atoms with van der Waals surface area (Å²) in [6.45, 7) is 5.06. The predicted octanol–water partition coefficient (Wildman–Crippen LogP) is 2.06. The average molecular weight is 329 g/mol. The van der Waals surface area contributed by atoms with Gasteiger partial charge in [0.2, 0.25) is 10.0 Å². The zero-order valence-electron chi connectivity index (χ0n) is 12.5. The van der Waals surface area contributed by atoms with E-state index in [1.165, 1.54) is 0 Å². The predicted molar refractivity (Wildman–Crippen MR) is 90.0 cm³/mol. The minimum atomic E-state index is -3.20. The fourth-order valence-electron chi connectivity index (χ4n) is 2.40. The molecule has 1 aliphatic heterocycles. The molecule has 0 amide bonds. The Hall–Kier alpha value is -0.560. The maximum absolute atomic E-state index is 12.5. The average Bonchev–Trinajstić information content (AvgIpc) is 2.74. The zero-order valence-corrected chi connectivity index (χ0v) is 14.2. The van der Waals surface area contributed by atoms with Crippen LogP contribution in [0.4, 0.5) is 0 Å². The van der Waals surface area contributed by atoms with Crippen molar-refractivity contribution in [2.75, 3.05) is 31.1 Å². The second-order valence-corrected chi connectivity index (χ2v) is 8.42. The summed E-state index contributed by atoms with van der Waals surface area (Å²) in [6.07, 6.45) is 0.949. The maximum Gasteiger partial charge on any atom is 0.218 e. The highest BCUT2D eigenvalue weighted by Gasteiger charge is 2.23. The Morgan fingerprint density at radius 1 is 1.24 bits per heavy atom. The van der Waals surface area contributed by atoms with Gasteiger partial charge in [-0.25, -0.2) is 12.7 Å². The minimum Gasteiger partial charge on any atom is -0.313 e. The number of benzene rings is 1. The molecule has 0 saturated carbocycles. The molecular formula is C15H24N2O2S2. The van der Waals surface area contributed by atoms with Gasteiger partial charge in [0, 0.05) is 25.4 Å². The van der Waals surface area contributed by atoms with Crippen LogP contribution in [0.25, 0.3) is 0 Å². The molecule has 0 atom stereocenters. The van der Waals surface area contributed by atoms with Crippen molar-refractivity contribution < 1.29 is 8.42 Å². The fourth-order valence-corrected chi connectivity index (χ4v) is 4.96. The van der Waals surface area contributed by atoms with Gasteiger partial charge in [0.05, 0.1) is 5.75 Å². The molecule has 118 valence electrons. The monoisotopic (exact) mass is 328 g/mol. The topological polar surface area (TPSA) is 49.4 Å². The normalized spacial score (nSPS) is 17.6. The maximum atomic E-state index is 12.5. The number of hydrogen-bond acceptors (Lipinski definition) is 4. The number of thioether (sulfide) groups is 1. The highest BCUT2D eigenvalue weighted by atomic mass is 32.2. The lowest BCUT2D eigenvalue weighted by atomic mass is 10.1. The van der Waals surface area contributed by atoms with Crippen molar-refractivity contribution in [2.45, 2.75) is 25.6 Å². The minimum absolute atomic E-state index is 0.109. The number of rotatable bonds is 6. The van der Waals surface area contributed by atoms with Gasteiger partial charge in [-0.3, -0.25) is 0 Å². The number of sulfonamides is 1. The molecule has 4 nitrogen and oxygen atoms in total. The Morgan fingerprint density at radius 2 is 2.05 bits per heavy atom. The summed E-state index contributed by atoms with van der Waals surface area (Å²) in [6, 6.07) is 7.86. The Balaban J connectivity index is 2.05. The van der Waals surface area contributed by atoms with Crippen LogP contribution in [0.3, 0.4) is 0 Å². The molecule has 1 saturated heterocycles. The molecule has 0 aliphatic carbocycles. The molecule has 1 fully saturated rings. The van der Waals surface area contributed by atoms with Crippen LogP contribution in [0, 0.1) is 0 Å². The van der Waals surface area contributed by atoms with E-state index < -0.39 is 10.0 Å². The molecule has 1 aliphatic rings. The summed E-state index contributed by atoms with van der Waals surface area (Å²) in [5.41, 5.74) is 2.01. The molecular weight excluding hydrogens is 304 g/mol. The fraction of sp³-hybridized carbons (Fsp3) is 0.600. The molecule has 1 aromatic carbocycles. The molecule has 1 N–H and O–H groups in total. The Bertz CT molecular complexity index is 538. The first-order valence-electron chi connectivity index (χ1n) is 7.46. The third-order valence-electron chi connectivity index (χ3n) is 3.49. The largest absolute Gasteiger partial charge is 0.313 e. The molecule has 0 spiro atoms. The zero-order chi connectivity index (χ0) is 15.1. The lowest BCUT2D eigenvalue weighted by Crippen LogP contribution is -2.34. The van der Waals surface area contributed by atoms with Crippen molar-refractivity contribution in [3.05, 3.63) is 35.4 Å². The number of nitrogens with one attached hydrogen (secondary N) is 1. The first kappa shape index (κ1) is 16.8. The first-order chi connectivity index (χ1) is 10.1. The van der Waals surface area contributed by atoms with E-state index >= 15 is 0 Å². The van der Waals surface area contributed by atoms with Gasteiger partial charge in [0.15, 0.2) is 0 Å². The van der Waals surface area contributed by atoms with E-state index in [9.17, 15) is 8.42 Å². The summed E-state index contributed by atoms with van der Waals surface area (Å²) in [4.78, 5) is 0. The van der Waals surface area contributed by atoms with Crippen LogP contribution < -0.4 is 5.32 Å². The van der Waals surface area contributed by atoms with Crippen molar-refractivity contribution in [3.8, 4) is 0 Å². The van der Waals surface area contributed by atoms with Gasteiger partial charge in [0.25, 0.3) is 0 Å². The van der Waals surface area contributed by atoms with E-state index in [2.05, 4.69) is 12.2 Å². The Labute approximate surface area is 132 Å². The van der Waals surface area contributed by atoms with Crippen LogP contribution in [-0.2, 0) is 22.3 Å². The number of hydrogen-bond donors (Lipinski definition) is 1. The Morgan fingerprint density at radius 3 is 2.86 bits per heavy atom. The van der Waals surface area contributed by atoms with Crippen molar-refractivity contribution in [3.63, 3.8) is 0 Å². The van der Waals surface area contributed by atoms with Gasteiger partial charge in [-0.05, 0) is 29.8 Å². The summed E-state index contributed by atoms with van der Waals surface area (Å²) in [5, 5.41) is 3.26. The summed E-state index contributed by atoms with van der Waals surface area (Å²) in [5.74, 6) is 2.07. The van der Waals surface area contributed by atoms with Crippen LogP contribution in [0.1, 0.15) is 24.5 Å². The standard InChI is InChI=1S/C15H24N2O2S2/c1-2-16-12-14-5-3-6-15(11-14)13-21(18,19)17-7-4-9-20-10-8-17/h3,5-6,11,16H,2,4,7-10,12-13H2,1H3. The highest BCUT2D eigenvalue weighted by Crippen LogP contribution is 2.17. The summed E-state index contributed by atoms with van der Waals surface area (Å²) in [7, 11) is -3.20. The van der Waals surface area contributed by atoms with Gasteiger partial charge in [0.1, 0.15) is 0 Å². The van der Waals surface area contributed by atoms with Gasteiger partial charge < -0.3 is 5.32 Å². The molecule has 0 aromatic heterocycles. The van der Waals surface area contributed by atoms with Crippen molar-refractivity contribution in [2.24, 2.45) is 0 Å². The molecule has 1 heterocycles. The van der Waals surface area contributed by atoms with Gasteiger partial charge >= 0.3 is 0 Å². The van der Waals surface area contributed by atoms with E-state index in [-0.39, 0.29) is 5.75 Å². The number of nitrogens with zero attached hydrogens (tertiary/aromatic N) is 1. The molecule has 2 rings (SSSR count). The van der Waals surface area contributed by atoms with E-state index in [0.29, 0.717) is 13.1 Å². The Kier molecular flexibility index (Phi) is 6.54. The van der Waals surface area contributed by atoms with E-state index in [1.54, 1.807) is 4.31 Å². The smallest absolute Gasteiger partial charge is 0.218 e. The van der Waals surface area contributed by atoms with Gasteiger partial charge in [-0.2, -0.15) is 11.8 Å². The van der Waals surface area contributed by atoms with Crippen molar-refractivity contribution >= 4 is 21.8 Å². The van der Waals surface area contributed by atoms with E-state index in [0.717, 1.165) is 42.1 Å². The lowest BCUT2D eigenvalue weighted by molar-refractivity contribution is 0.434. The lowest BCUT2D eigenvalue weighted by Gasteiger charge is -2.19. The van der Waals surface area contributed by atoms with Crippen LogP contribution in [0.15, 0.2) is 24.3 Å². The van der Waals surface area contributed by atoms with Crippen molar-refractivity contribution in [1.29, 1.82) is 0 Å². The van der Waals surface area contributed by atoms with Crippen molar-refractivity contribution in [1.82, 2.24) is 9.62 Å². The molecule has 0 radical (unpaired) electrons. The molecule has 1 aromatic rings. The SMILES string of the molecule is CCNCc1cccc(CS(=O)(=O)N2CCCSCC2)c1. The third kappa shape index (κ3) is 5.29. The molecule has 6 heteroatoms. The second kappa shape index (κ2) is 8.17. The van der Waals surface area contributed by atoms with Gasteiger partial charge in [-0.1, -0.05) is 31.2 Å². The van der Waals surface area contributed by atoms with E-state index in [1.807, 2.05) is 36.0 Å². The molecule has 0 bridgehead atoms. The van der Waals surface area contributed by atoms with Gasteiger partial charge in [-0.15, -0.1) is 0 Å². The summed E-state index contributed by atoms with van der Waals surface area (Å²) < 4.78 is 26.7. The van der Waals surface area contributed by atoms with Crippen LogP contribution in [0.5, 0.6) is 0 Å². The van der Waals surface area contributed by atoms with Crippen LogP contribution >= 0.6 is 11.8 Å². The van der Waals surface area contributed by atoms with Crippen LogP contribution in [0.2, 0.25) is 0 Å². The third-order valence-corrected chi connectivity index (χ3v) is 6.39. The molecule has 0 unspecified atom stereocenters. The first-order valence-corrected chi connectivity index (χ1v) is 10.2.